The molecule has 2 heterocycles. The van der Waals surface area contributed by atoms with Crippen molar-refractivity contribution < 1.29 is 76.1 Å². The molecule has 0 spiro atoms. The third-order valence-electron chi connectivity index (χ3n) is 14.3. The minimum atomic E-state index is -1.35. The van der Waals surface area contributed by atoms with E-state index in [1.165, 1.54) is 0 Å². The number of aliphatic hydroxyl groups excluding tert-OH is 2. The Morgan fingerprint density at radius 2 is 0.814 bits per heavy atom. The molecule has 2 aliphatic rings. The SMILES string of the molecule is COc1ccc(C[C@@H]2c3cc(OC)c(OC)cc3CC[N+]2(C)C[C@@H](O)C(=O)OCCCCCCOC(=O)[C@H](O)C[N+]2(C)CCc3cc(OC)c(OC)cc3[C@H]2Cc2ccc(OC)c(OC)c2)cc1OC. The molecule has 2 unspecified atom stereocenters. The Bertz CT molecular complexity index is 2250. The van der Waals surface area contributed by atoms with Gasteiger partial charge in [0.25, 0.3) is 0 Å². The molecule has 16 heteroatoms. The van der Waals surface area contributed by atoms with Crippen LogP contribution in [-0.4, -0.2) is 154 Å². The summed E-state index contributed by atoms with van der Waals surface area (Å²) in [6.45, 7) is 1.94. The summed E-state index contributed by atoms with van der Waals surface area (Å²) in [5.74, 6) is 3.70. The van der Waals surface area contributed by atoms with E-state index in [0.29, 0.717) is 119 Å². The molecule has 0 radical (unpaired) electrons. The summed E-state index contributed by atoms with van der Waals surface area (Å²) in [6, 6.07) is 19.5. The maximum absolute atomic E-state index is 13.3. The van der Waals surface area contributed by atoms with Gasteiger partial charge in [-0.3, -0.25) is 0 Å². The van der Waals surface area contributed by atoms with Crippen molar-refractivity contribution in [3.63, 3.8) is 0 Å². The zero-order valence-corrected chi connectivity index (χ0v) is 42.7. The summed E-state index contributed by atoms with van der Waals surface area (Å²) in [5, 5.41) is 22.7. The van der Waals surface area contributed by atoms with Gasteiger partial charge in [0.1, 0.15) is 25.2 Å². The molecule has 0 amide bonds. The molecule has 0 aromatic heterocycles. The van der Waals surface area contributed by atoms with Crippen molar-refractivity contribution in [2.24, 2.45) is 0 Å². The van der Waals surface area contributed by atoms with E-state index in [2.05, 4.69) is 14.1 Å². The number of rotatable bonds is 25. The van der Waals surface area contributed by atoms with Gasteiger partial charge in [0.15, 0.2) is 46.0 Å². The molecule has 2 aliphatic heterocycles. The molecule has 4 aromatic carbocycles. The largest absolute Gasteiger partial charge is 0.493 e. The van der Waals surface area contributed by atoms with Crippen LogP contribution >= 0.6 is 0 Å². The van der Waals surface area contributed by atoms with Crippen LogP contribution in [0.5, 0.6) is 46.0 Å². The number of hydrogen-bond acceptors (Lipinski definition) is 14. The maximum Gasteiger partial charge on any atom is 0.340 e. The maximum atomic E-state index is 13.3. The number of nitrogens with zero attached hydrogens (tertiary/aromatic N) is 2. The zero-order valence-electron chi connectivity index (χ0n) is 42.7. The number of benzene rings is 4. The summed E-state index contributed by atoms with van der Waals surface area (Å²) in [7, 11) is 17.0. The van der Waals surface area contributed by atoms with E-state index in [4.69, 9.17) is 47.4 Å². The monoisotopic (exact) mass is 975 g/mol. The van der Waals surface area contributed by atoms with E-state index in [0.717, 1.165) is 33.4 Å². The lowest BCUT2D eigenvalue weighted by molar-refractivity contribution is -0.943. The molecule has 0 saturated carbocycles. The van der Waals surface area contributed by atoms with Crippen LogP contribution in [0.4, 0.5) is 0 Å². The Labute approximate surface area is 413 Å². The quantitative estimate of drug-likeness (QED) is 0.0426. The number of likely N-dealkylation sites (N-methyl/N-ethyl adjacent to an activating group) is 2. The number of hydrogen-bond donors (Lipinski definition) is 2. The minimum absolute atomic E-state index is 0.145. The molecule has 0 aliphatic carbocycles. The summed E-state index contributed by atoms with van der Waals surface area (Å²) >= 11 is 0. The average Bonchev–Trinajstić information content (AvgIpc) is 3.37. The summed E-state index contributed by atoms with van der Waals surface area (Å²) < 4.78 is 56.8. The molecule has 6 rings (SSSR count). The van der Waals surface area contributed by atoms with Gasteiger partial charge in [0.2, 0.25) is 12.2 Å². The van der Waals surface area contributed by atoms with Crippen LogP contribution in [-0.2, 0) is 44.7 Å². The van der Waals surface area contributed by atoms with E-state index in [1.807, 2.05) is 60.7 Å². The smallest absolute Gasteiger partial charge is 0.340 e. The summed E-state index contributed by atoms with van der Waals surface area (Å²) in [5.41, 5.74) is 6.40. The van der Waals surface area contributed by atoms with Crippen molar-refractivity contribution >= 4 is 11.9 Å². The van der Waals surface area contributed by atoms with Crippen molar-refractivity contribution in [3.8, 4) is 46.0 Å². The van der Waals surface area contributed by atoms with Crippen LogP contribution in [0.1, 0.15) is 71.1 Å². The van der Waals surface area contributed by atoms with Crippen molar-refractivity contribution in [2.75, 3.05) is 110 Å². The standard InChI is InChI=1S/C54H74N2O14/c1-55(21-19-37-29-49(65-7)51(67-9)31-39(37)41(55)25-35-15-17-45(61-3)47(27-35)63-5)33-43(57)53(59)69-23-13-11-12-14-24-70-54(60)44(58)34-56(2)22-20-38-30-50(66-8)52(68-10)32-40(38)42(56)26-36-16-18-46(62-4)48(28-36)64-6/h15-18,27-32,41-44,57-58H,11-14,19-26,33-34H2,1-10H3/q+2/t41-,42-,43-,44-,55?,56?/m1/s1. The first-order chi connectivity index (χ1) is 33.7. The number of unbranched alkanes of at least 4 members (excludes halogenated alkanes) is 3. The zero-order chi connectivity index (χ0) is 50.6. The Balaban J connectivity index is 0.995. The van der Waals surface area contributed by atoms with Gasteiger partial charge in [-0.1, -0.05) is 12.1 Å². The van der Waals surface area contributed by atoms with E-state index >= 15 is 0 Å². The Hall–Kier alpha value is -5.94. The van der Waals surface area contributed by atoms with Gasteiger partial charge in [-0.05, 0) is 96.5 Å². The lowest BCUT2D eigenvalue weighted by Gasteiger charge is -2.46. The predicted molar refractivity (Wildman–Crippen MR) is 263 cm³/mol. The number of aliphatic hydroxyl groups is 2. The number of ether oxygens (including phenoxy) is 10. The number of carbonyl (C=O) groups is 2. The molecule has 6 atom stereocenters. The van der Waals surface area contributed by atoms with Crippen LogP contribution in [0.25, 0.3) is 0 Å². The van der Waals surface area contributed by atoms with Crippen LogP contribution in [0.3, 0.4) is 0 Å². The van der Waals surface area contributed by atoms with Gasteiger partial charge >= 0.3 is 11.9 Å². The van der Waals surface area contributed by atoms with Crippen molar-refractivity contribution in [3.05, 3.63) is 94.0 Å². The van der Waals surface area contributed by atoms with Gasteiger partial charge < -0.3 is 66.5 Å². The van der Waals surface area contributed by atoms with Crippen LogP contribution in [0.15, 0.2) is 60.7 Å². The highest BCUT2D eigenvalue weighted by Gasteiger charge is 2.44. The molecule has 0 fully saturated rings. The van der Waals surface area contributed by atoms with E-state index < -0.39 is 24.1 Å². The number of carbonyl (C=O) groups excluding carboxylic acids is 2. The highest BCUT2D eigenvalue weighted by atomic mass is 16.6. The predicted octanol–water partition coefficient (Wildman–Crippen LogP) is 6.40. The lowest BCUT2D eigenvalue weighted by Crippen LogP contribution is -2.56. The molecule has 0 bridgehead atoms. The number of methoxy groups -OCH3 is 8. The number of esters is 2. The third kappa shape index (κ3) is 12.3. The summed E-state index contributed by atoms with van der Waals surface area (Å²) in [6.07, 6.45) is 2.51. The second kappa shape index (κ2) is 24.3. The van der Waals surface area contributed by atoms with Crippen LogP contribution < -0.4 is 37.9 Å². The van der Waals surface area contributed by atoms with Gasteiger partial charge in [-0.2, -0.15) is 0 Å². The molecule has 70 heavy (non-hydrogen) atoms. The topological polar surface area (TPSA) is 167 Å². The first-order valence-electron chi connectivity index (χ1n) is 24.0. The fourth-order valence-electron chi connectivity index (χ4n) is 10.3. The highest BCUT2D eigenvalue weighted by molar-refractivity contribution is 5.75. The van der Waals surface area contributed by atoms with Crippen molar-refractivity contribution in [2.45, 2.75) is 75.7 Å². The van der Waals surface area contributed by atoms with E-state index in [-0.39, 0.29) is 38.4 Å². The number of fused-ring (bicyclic) bond motifs is 2. The van der Waals surface area contributed by atoms with Gasteiger partial charge in [0, 0.05) is 36.8 Å². The molecule has 0 saturated heterocycles. The van der Waals surface area contributed by atoms with Crippen molar-refractivity contribution in [1.82, 2.24) is 0 Å². The fraction of sp³-hybridized carbons (Fsp3) is 0.519. The van der Waals surface area contributed by atoms with Gasteiger partial charge in [-0.25, -0.2) is 9.59 Å². The first-order valence-corrected chi connectivity index (χ1v) is 24.0. The minimum Gasteiger partial charge on any atom is -0.493 e. The third-order valence-corrected chi connectivity index (χ3v) is 14.3. The number of quaternary nitrogens is 2. The van der Waals surface area contributed by atoms with Gasteiger partial charge in [-0.15, -0.1) is 0 Å². The van der Waals surface area contributed by atoms with Crippen LogP contribution in [0, 0.1) is 0 Å². The fourth-order valence-corrected chi connectivity index (χ4v) is 10.3. The Morgan fingerprint density at radius 3 is 1.16 bits per heavy atom. The molecule has 4 aromatic rings. The van der Waals surface area contributed by atoms with Crippen molar-refractivity contribution in [1.29, 1.82) is 0 Å². The van der Waals surface area contributed by atoms with Crippen LogP contribution in [0.2, 0.25) is 0 Å². The molecule has 2 N–H and O–H groups in total. The summed E-state index contributed by atoms with van der Waals surface area (Å²) in [4.78, 5) is 26.5. The molecular weight excluding hydrogens is 901 g/mol. The highest BCUT2D eigenvalue weighted by Crippen LogP contribution is 2.45. The van der Waals surface area contributed by atoms with Gasteiger partial charge in [0.05, 0.1) is 97.3 Å². The second-order valence-electron chi connectivity index (χ2n) is 18.7. The molecule has 16 nitrogen and oxygen atoms in total. The molecule has 382 valence electrons. The first kappa shape index (κ1) is 53.4. The van der Waals surface area contributed by atoms with E-state index in [1.54, 1.807) is 56.9 Å². The second-order valence-corrected chi connectivity index (χ2v) is 18.7. The van der Waals surface area contributed by atoms with E-state index in [9.17, 15) is 19.8 Å². The molecular formula is C54H74N2O14+2. The normalized spacial score (nSPS) is 20.2. The average molecular weight is 975 g/mol. The Kier molecular flexibility index (Phi) is 18.5. The Morgan fingerprint density at radius 1 is 0.486 bits per heavy atom. The lowest BCUT2D eigenvalue weighted by atomic mass is 9.86.